The van der Waals surface area contributed by atoms with Crippen LogP contribution in [0.4, 0.5) is 18.0 Å². The molecule has 214 valence electrons. The van der Waals surface area contributed by atoms with E-state index in [2.05, 4.69) is 10.6 Å². The van der Waals surface area contributed by atoms with E-state index in [4.69, 9.17) is 4.74 Å². The predicted octanol–water partition coefficient (Wildman–Crippen LogP) is 5.40. The van der Waals surface area contributed by atoms with Crippen LogP contribution >= 0.6 is 0 Å². The van der Waals surface area contributed by atoms with Crippen molar-refractivity contribution < 1.29 is 35.9 Å². The van der Waals surface area contributed by atoms with Crippen molar-refractivity contribution in [1.82, 2.24) is 10.6 Å². The van der Waals surface area contributed by atoms with Gasteiger partial charge in [-0.25, -0.2) is 13.2 Å². The molecule has 0 radical (unpaired) electrons. The SMILES string of the molecule is CC(C)(C)OC(=O)NC1CCC(NCCC(=O)c2cccc(C(F)(F)F)c2)C(CS(=O)(=O)c2ccccc2)C1. The molecule has 7 nitrogen and oxygen atoms in total. The topological polar surface area (TPSA) is 102 Å². The highest BCUT2D eigenvalue weighted by Gasteiger charge is 2.35. The van der Waals surface area contributed by atoms with Crippen LogP contribution in [0.5, 0.6) is 0 Å². The first-order chi connectivity index (χ1) is 18.1. The zero-order valence-corrected chi connectivity index (χ0v) is 23.1. The fraction of sp³-hybridized carbons (Fsp3) is 0.500. The maximum absolute atomic E-state index is 13.2. The maximum Gasteiger partial charge on any atom is 0.416 e. The number of Topliss-reactive ketones (excluding diaryl/α,β-unsaturated/α-hetero) is 1. The monoisotopic (exact) mass is 568 g/mol. The molecule has 2 aromatic rings. The first-order valence-electron chi connectivity index (χ1n) is 12.9. The number of alkyl halides is 3. The Balaban J connectivity index is 1.67. The molecule has 1 saturated carbocycles. The summed E-state index contributed by atoms with van der Waals surface area (Å²) in [6.45, 7) is 5.43. The number of alkyl carbamates (subject to hydrolysis) is 1. The minimum Gasteiger partial charge on any atom is -0.444 e. The highest BCUT2D eigenvalue weighted by molar-refractivity contribution is 7.91. The van der Waals surface area contributed by atoms with Crippen LogP contribution in [-0.2, 0) is 20.8 Å². The zero-order valence-electron chi connectivity index (χ0n) is 22.3. The molecule has 2 aromatic carbocycles. The Hall–Kier alpha value is -2.92. The minimum absolute atomic E-state index is 0.0277. The zero-order chi connectivity index (χ0) is 28.8. The van der Waals surface area contributed by atoms with Gasteiger partial charge in [0.1, 0.15) is 5.60 Å². The predicted molar refractivity (Wildman–Crippen MR) is 141 cm³/mol. The summed E-state index contributed by atoms with van der Waals surface area (Å²) in [4.78, 5) is 25.1. The van der Waals surface area contributed by atoms with Crippen LogP contribution in [0.1, 0.15) is 62.4 Å². The summed E-state index contributed by atoms with van der Waals surface area (Å²) in [6, 6.07) is 11.8. The van der Waals surface area contributed by atoms with Crippen molar-refractivity contribution in [3.63, 3.8) is 0 Å². The maximum atomic E-state index is 13.2. The van der Waals surface area contributed by atoms with Gasteiger partial charge in [0.15, 0.2) is 15.6 Å². The number of carbonyl (C=O) groups is 2. The molecule has 0 heterocycles. The fourth-order valence-corrected chi connectivity index (χ4v) is 6.41. The Labute approximate surface area is 227 Å². The van der Waals surface area contributed by atoms with Crippen molar-refractivity contribution in [2.24, 2.45) is 5.92 Å². The molecular formula is C28H35F3N2O5S. The van der Waals surface area contributed by atoms with Gasteiger partial charge in [0.25, 0.3) is 0 Å². The summed E-state index contributed by atoms with van der Waals surface area (Å²) in [6.07, 6.45) is -3.68. The van der Waals surface area contributed by atoms with Crippen molar-refractivity contribution in [2.45, 2.75) is 75.2 Å². The second-order valence-electron chi connectivity index (χ2n) is 10.8. The van der Waals surface area contributed by atoms with Crippen LogP contribution < -0.4 is 10.6 Å². The molecule has 11 heteroatoms. The van der Waals surface area contributed by atoms with E-state index in [0.717, 1.165) is 12.1 Å². The number of carbonyl (C=O) groups excluding carboxylic acids is 2. The van der Waals surface area contributed by atoms with Gasteiger partial charge in [0.2, 0.25) is 0 Å². The Bertz CT molecular complexity index is 1240. The quantitative estimate of drug-likeness (QED) is 0.393. The minimum atomic E-state index is -4.54. The van der Waals surface area contributed by atoms with Gasteiger partial charge in [0, 0.05) is 30.6 Å². The molecule has 1 fully saturated rings. The average molecular weight is 569 g/mol. The summed E-state index contributed by atoms with van der Waals surface area (Å²) >= 11 is 0. The molecule has 1 aliphatic carbocycles. The Morgan fingerprint density at radius 2 is 1.69 bits per heavy atom. The molecule has 0 bridgehead atoms. The molecule has 0 spiro atoms. The van der Waals surface area contributed by atoms with E-state index in [9.17, 15) is 31.2 Å². The van der Waals surface area contributed by atoms with Gasteiger partial charge in [-0.2, -0.15) is 13.2 Å². The van der Waals surface area contributed by atoms with Gasteiger partial charge in [0.05, 0.1) is 16.2 Å². The first-order valence-corrected chi connectivity index (χ1v) is 14.5. The molecule has 1 aliphatic rings. The largest absolute Gasteiger partial charge is 0.444 e. The van der Waals surface area contributed by atoms with E-state index >= 15 is 0 Å². The molecule has 0 aliphatic heterocycles. The van der Waals surface area contributed by atoms with Crippen LogP contribution in [0, 0.1) is 5.92 Å². The lowest BCUT2D eigenvalue weighted by molar-refractivity contribution is -0.137. The second kappa shape index (κ2) is 12.5. The molecule has 2 N–H and O–H groups in total. The second-order valence-corrected chi connectivity index (χ2v) is 12.9. The van der Waals surface area contributed by atoms with Crippen LogP contribution in [0.15, 0.2) is 59.5 Å². The fourth-order valence-electron chi connectivity index (χ4n) is 4.71. The summed E-state index contributed by atoms with van der Waals surface area (Å²) < 4.78 is 70.7. The summed E-state index contributed by atoms with van der Waals surface area (Å²) in [7, 11) is -3.63. The molecule has 3 atom stereocenters. The molecule has 39 heavy (non-hydrogen) atoms. The van der Waals surface area contributed by atoms with Crippen molar-refractivity contribution in [3.8, 4) is 0 Å². The van der Waals surface area contributed by atoms with E-state index in [0.29, 0.717) is 19.3 Å². The van der Waals surface area contributed by atoms with Crippen molar-refractivity contribution in [1.29, 1.82) is 0 Å². The Kier molecular flexibility index (Phi) is 9.82. The summed E-state index contributed by atoms with van der Waals surface area (Å²) in [5, 5.41) is 6.09. The standard InChI is InChI=1S/C28H35F3N2O5S/c1-27(2,3)38-26(35)33-22-12-13-24(20(17-22)18-39(36,37)23-10-5-4-6-11-23)32-15-14-25(34)19-8-7-9-21(16-19)28(29,30)31/h4-11,16,20,22,24,32H,12-15,17-18H2,1-3H3,(H,33,35). The molecule has 1 amide bonds. The van der Waals surface area contributed by atoms with Gasteiger partial charge < -0.3 is 15.4 Å². The molecule has 3 rings (SSSR count). The lowest BCUT2D eigenvalue weighted by Crippen LogP contribution is -2.50. The van der Waals surface area contributed by atoms with E-state index in [1.165, 1.54) is 24.3 Å². The third kappa shape index (κ3) is 9.35. The smallest absolute Gasteiger partial charge is 0.416 e. The van der Waals surface area contributed by atoms with Crippen molar-refractivity contribution >= 4 is 21.7 Å². The number of ether oxygens (including phenoxy) is 1. The van der Waals surface area contributed by atoms with E-state index in [1.54, 1.807) is 39.0 Å². The highest BCUT2D eigenvalue weighted by Crippen LogP contribution is 2.30. The Morgan fingerprint density at radius 1 is 1.00 bits per heavy atom. The number of amides is 1. The van der Waals surface area contributed by atoms with Crippen molar-refractivity contribution in [3.05, 3.63) is 65.7 Å². The summed E-state index contributed by atoms with van der Waals surface area (Å²) in [5.41, 5.74) is -1.59. The van der Waals surface area contributed by atoms with E-state index in [1.807, 2.05) is 0 Å². The highest BCUT2D eigenvalue weighted by atomic mass is 32.2. The molecule has 0 aromatic heterocycles. The molecule has 3 unspecified atom stereocenters. The molecular weight excluding hydrogens is 533 g/mol. The van der Waals surface area contributed by atoms with E-state index < -0.39 is 39.1 Å². The number of hydrogen-bond acceptors (Lipinski definition) is 6. The number of nitrogens with one attached hydrogen (secondary N) is 2. The van der Waals surface area contributed by atoms with Gasteiger partial charge in [-0.05, 0) is 70.2 Å². The Morgan fingerprint density at radius 3 is 2.33 bits per heavy atom. The number of halogens is 3. The van der Waals surface area contributed by atoms with Gasteiger partial charge in [-0.3, -0.25) is 4.79 Å². The molecule has 0 saturated heterocycles. The number of sulfone groups is 1. The summed E-state index contributed by atoms with van der Waals surface area (Å²) in [5.74, 6) is -0.988. The van der Waals surface area contributed by atoms with Crippen LogP contribution in [-0.4, -0.2) is 50.3 Å². The van der Waals surface area contributed by atoms with Crippen LogP contribution in [0.25, 0.3) is 0 Å². The number of hydrogen-bond donors (Lipinski definition) is 2. The third-order valence-corrected chi connectivity index (χ3v) is 8.37. The average Bonchev–Trinajstić information content (AvgIpc) is 2.84. The van der Waals surface area contributed by atoms with Crippen molar-refractivity contribution in [2.75, 3.05) is 12.3 Å². The lowest BCUT2D eigenvalue weighted by Gasteiger charge is -2.37. The van der Waals surface area contributed by atoms with Crippen LogP contribution in [0.3, 0.4) is 0 Å². The first kappa shape index (κ1) is 30.6. The van der Waals surface area contributed by atoms with E-state index in [-0.39, 0.29) is 47.2 Å². The lowest BCUT2D eigenvalue weighted by atomic mass is 9.82. The van der Waals surface area contributed by atoms with Gasteiger partial charge in [-0.1, -0.05) is 30.3 Å². The third-order valence-electron chi connectivity index (χ3n) is 6.51. The van der Waals surface area contributed by atoms with Crippen LogP contribution in [0.2, 0.25) is 0 Å². The van der Waals surface area contributed by atoms with Gasteiger partial charge >= 0.3 is 12.3 Å². The normalized spacial score (nSPS) is 20.3. The van der Waals surface area contributed by atoms with Gasteiger partial charge in [-0.15, -0.1) is 0 Å². The number of ketones is 1. The number of rotatable bonds is 9. The number of benzene rings is 2.